The summed E-state index contributed by atoms with van der Waals surface area (Å²) >= 11 is 0. The first-order valence-electron chi connectivity index (χ1n) is 8.17. The number of para-hydroxylation sites is 2. The van der Waals surface area contributed by atoms with Crippen LogP contribution in [-0.2, 0) is 21.0 Å². The second-order valence-corrected chi connectivity index (χ2v) is 7.83. The lowest BCUT2D eigenvalue weighted by atomic mass is 10.1. The fourth-order valence-electron chi connectivity index (χ4n) is 2.72. The number of amides is 1. The smallest absolute Gasteiger partial charge is 0.324 e. The second-order valence-electron chi connectivity index (χ2n) is 5.97. The maximum atomic E-state index is 14.2. The van der Waals surface area contributed by atoms with Crippen LogP contribution >= 0.6 is 0 Å². The summed E-state index contributed by atoms with van der Waals surface area (Å²) in [4.78, 5) is 12.7. The Morgan fingerprint density at radius 1 is 1.11 bits per heavy atom. The van der Waals surface area contributed by atoms with E-state index in [1.165, 1.54) is 31.2 Å². The van der Waals surface area contributed by atoms with E-state index in [-0.39, 0.29) is 12.1 Å². The Morgan fingerprint density at radius 2 is 1.68 bits per heavy atom. The third kappa shape index (κ3) is 4.80. The van der Waals surface area contributed by atoms with E-state index < -0.39 is 45.2 Å². The van der Waals surface area contributed by atoms with Crippen molar-refractivity contribution in [2.75, 3.05) is 15.9 Å². The van der Waals surface area contributed by atoms with Crippen molar-refractivity contribution in [1.82, 2.24) is 0 Å². The molecule has 0 spiro atoms. The van der Waals surface area contributed by atoms with Crippen molar-refractivity contribution in [1.29, 1.82) is 0 Å². The maximum absolute atomic E-state index is 14.2. The Labute approximate surface area is 160 Å². The predicted octanol–water partition coefficient (Wildman–Crippen LogP) is 4.03. The molecule has 5 nitrogen and oxygen atoms in total. The number of halogens is 4. The Bertz CT molecular complexity index is 961. The highest BCUT2D eigenvalue weighted by atomic mass is 32.2. The molecule has 152 valence electrons. The molecule has 0 aliphatic rings. The predicted molar refractivity (Wildman–Crippen MR) is 97.9 cm³/mol. The van der Waals surface area contributed by atoms with Gasteiger partial charge in [0.2, 0.25) is 15.9 Å². The standard InChI is InChI=1S/C18H18F4N2O3S/c1-3-15(24(28(2,26)27)16-11-7-5-9-13(16)19)17(25)23-14-10-6-4-8-12(14)18(20,21)22/h4-11,15H,3H2,1-2H3,(H,23,25). The zero-order valence-corrected chi connectivity index (χ0v) is 15.8. The number of carbonyl (C=O) groups is 1. The molecule has 0 saturated heterocycles. The normalized spacial score (nSPS) is 13.1. The van der Waals surface area contributed by atoms with E-state index in [0.29, 0.717) is 4.31 Å². The number of hydrogen-bond acceptors (Lipinski definition) is 3. The molecule has 0 bridgehead atoms. The van der Waals surface area contributed by atoms with E-state index >= 15 is 0 Å². The maximum Gasteiger partial charge on any atom is 0.418 e. The zero-order valence-electron chi connectivity index (χ0n) is 15.0. The average Bonchev–Trinajstić information content (AvgIpc) is 2.59. The van der Waals surface area contributed by atoms with Crippen molar-refractivity contribution in [2.24, 2.45) is 0 Å². The van der Waals surface area contributed by atoms with E-state index in [1.54, 1.807) is 0 Å². The summed E-state index contributed by atoms with van der Waals surface area (Å²) in [5.41, 5.74) is -1.95. The van der Waals surface area contributed by atoms with E-state index in [0.717, 1.165) is 30.5 Å². The van der Waals surface area contributed by atoms with Gasteiger partial charge in [-0.05, 0) is 30.7 Å². The first-order valence-corrected chi connectivity index (χ1v) is 10.0. The van der Waals surface area contributed by atoms with Gasteiger partial charge in [-0.1, -0.05) is 31.2 Å². The summed E-state index contributed by atoms with van der Waals surface area (Å²) < 4.78 is 78.7. The topological polar surface area (TPSA) is 66.5 Å². The van der Waals surface area contributed by atoms with Crippen molar-refractivity contribution in [3.05, 3.63) is 59.9 Å². The summed E-state index contributed by atoms with van der Waals surface area (Å²) in [6, 6.07) is 7.80. The van der Waals surface area contributed by atoms with Gasteiger partial charge in [0.1, 0.15) is 11.9 Å². The van der Waals surface area contributed by atoms with Crippen molar-refractivity contribution in [3.63, 3.8) is 0 Å². The van der Waals surface area contributed by atoms with Gasteiger partial charge in [0.15, 0.2) is 0 Å². The largest absolute Gasteiger partial charge is 0.418 e. The van der Waals surface area contributed by atoms with Gasteiger partial charge >= 0.3 is 6.18 Å². The van der Waals surface area contributed by atoms with Gasteiger partial charge in [-0.25, -0.2) is 12.8 Å². The van der Waals surface area contributed by atoms with Gasteiger partial charge in [-0.2, -0.15) is 13.2 Å². The number of sulfonamides is 1. The molecule has 0 heterocycles. The Balaban J connectivity index is 2.46. The number of rotatable bonds is 6. The van der Waals surface area contributed by atoms with E-state index in [2.05, 4.69) is 5.32 Å². The highest BCUT2D eigenvalue weighted by Gasteiger charge is 2.36. The number of nitrogens with zero attached hydrogens (tertiary/aromatic N) is 1. The highest BCUT2D eigenvalue weighted by molar-refractivity contribution is 7.92. The molecule has 0 fully saturated rings. The monoisotopic (exact) mass is 418 g/mol. The Kier molecular flexibility index (Phi) is 6.33. The molecule has 0 saturated carbocycles. The van der Waals surface area contributed by atoms with Gasteiger partial charge < -0.3 is 5.32 Å². The summed E-state index contributed by atoms with van der Waals surface area (Å²) in [6.07, 6.45) is -4.02. The molecule has 2 aromatic carbocycles. The lowest BCUT2D eigenvalue weighted by Crippen LogP contribution is -2.47. The third-order valence-corrected chi connectivity index (χ3v) is 5.08. The van der Waals surface area contributed by atoms with Crippen molar-refractivity contribution >= 4 is 27.3 Å². The molecule has 1 unspecified atom stereocenters. The van der Waals surface area contributed by atoms with Crippen LogP contribution in [0.2, 0.25) is 0 Å². The number of benzene rings is 2. The van der Waals surface area contributed by atoms with Gasteiger partial charge in [0.05, 0.1) is 23.2 Å². The van der Waals surface area contributed by atoms with Crippen molar-refractivity contribution in [2.45, 2.75) is 25.6 Å². The number of carbonyl (C=O) groups excluding carboxylic acids is 1. The van der Waals surface area contributed by atoms with Crippen LogP contribution in [0.4, 0.5) is 28.9 Å². The lowest BCUT2D eigenvalue weighted by molar-refractivity contribution is -0.137. The SMILES string of the molecule is CCC(C(=O)Nc1ccccc1C(F)(F)F)N(c1ccccc1F)S(C)(=O)=O. The molecule has 28 heavy (non-hydrogen) atoms. The lowest BCUT2D eigenvalue weighted by Gasteiger charge is -2.30. The third-order valence-electron chi connectivity index (χ3n) is 3.91. The molecule has 0 aliphatic carbocycles. The fourth-order valence-corrected chi connectivity index (χ4v) is 3.93. The first kappa shape index (κ1) is 21.7. The summed E-state index contributed by atoms with van der Waals surface area (Å²) in [5.74, 6) is -1.89. The van der Waals surface area contributed by atoms with Gasteiger partial charge in [-0.15, -0.1) is 0 Å². The number of alkyl halides is 3. The van der Waals surface area contributed by atoms with Gasteiger partial charge in [0.25, 0.3) is 0 Å². The minimum atomic E-state index is -4.71. The molecule has 0 aromatic heterocycles. The van der Waals surface area contributed by atoms with E-state index in [4.69, 9.17) is 0 Å². The quantitative estimate of drug-likeness (QED) is 0.721. The van der Waals surface area contributed by atoms with Crippen molar-refractivity contribution < 1.29 is 30.8 Å². The second kappa shape index (κ2) is 8.17. The molecule has 2 rings (SSSR count). The fraction of sp³-hybridized carbons (Fsp3) is 0.278. The minimum Gasteiger partial charge on any atom is -0.324 e. The van der Waals surface area contributed by atoms with Crippen LogP contribution in [0.1, 0.15) is 18.9 Å². The molecule has 0 radical (unpaired) electrons. The van der Waals surface area contributed by atoms with E-state index in [1.807, 2.05) is 0 Å². The summed E-state index contributed by atoms with van der Waals surface area (Å²) in [5, 5.41) is 2.12. The van der Waals surface area contributed by atoms with E-state index in [9.17, 15) is 30.8 Å². The van der Waals surface area contributed by atoms with Crippen molar-refractivity contribution in [3.8, 4) is 0 Å². The van der Waals surface area contributed by atoms with Gasteiger partial charge in [0, 0.05) is 0 Å². The molecule has 1 atom stereocenters. The van der Waals surface area contributed by atoms with Gasteiger partial charge in [-0.3, -0.25) is 9.10 Å². The molecule has 10 heteroatoms. The van der Waals surface area contributed by atoms with Crippen LogP contribution in [0.25, 0.3) is 0 Å². The number of anilines is 2. The molecule has 1 amide bonds. The average molecular weight is 418 g/mol. The molecule has 0 aliphatic heterocycles. The zero-order chi connectivity index (χ0) is 21.1. The Hall–Kier alpha value is -2.62. The summed E-state index contributed by atoms with van der Waals surface area (Å²) in [6.45, 7) is 1.47. The number of hydrogen-bond donors (Lipinski definition) is 1. The summed E-state index contributed by atoms with van der Waals surface area (Å²) in [7, 11) is -4.12. The Morgan fingerprint density at radius 3 is 2.21 bits per heavy atom. The van der Waals surface area contributed by atoms with Crippen LogP contribution in [0, 0.1) is 5.82 Å². The van der Waals surface area contributed by atoms with Crippen LogP contribution in [0.15, 0.2) is 48.5 Å². The molecular weight excluding hydrogens is 400 g/mol. The number of nitrogens with one attached hydrogen (secondary N) is 1. The first-order chi connectivity index (χ1) is 13.0. The van der Waals surface area contributed by atoms with Crippen LogP contribution in [-0.4, -0.2) is 26.6 Å². The molecule has 2 aromatic rings. The highest BCUT2D eigenvalue weighted by Crippen LogP contribution is 2.35. The molecule has 1 N–H and O–H groups in total. The van der Waals surface area contributed by atoms with Crippen LogP contribution in [0.5, 0.6) is 0 Å². The van der Waals surface area contributed by atoms with Crippen LogP contribution in [0.3, 0.4) is 0 Å². The van der Waals surface area contributed by atoms with Crippen LogP contribution < -0.4 is 9.62 Å². The minimum absolute atomic E-state index is 0.0958. The molecular formula is C18H18F4N2O3S.